The molecule has 0 atom stereocenters. The van der Waals surface area contributed by atoms with Gasteiger partial charge in [0.1, 0.15) is 0 Å². The third-order valence-electron chi connectivity index (χ3n) is 4.70. The Labute approximate surface area is 141 Å². The van der Waals surface area contributed by atoms with Crippen molar-refractivity contribution in [1.29, 1.82) is 0 Å². The van der Waals surface area contributed by atoms with Crippen LogP contribution in [-0.2, 0) is 4.74 Å². The van der Waals surface area contributed by atoms with Gasteiger partial charge in [0.25, 0.3) is 0 Å². The van der Waals surface area contributed by atoms with E-state index in [0.29, 0.717) is 0 Å². The average molecular weight is 313 g/mol. The zero-order chi connectivity index (χ0) is 16.1. The van der Waals surface area contributed by atoms with Crippen molar-refractivity contribution >= 4 is 0 Å². The lowest BCUT2D eigenvalue weighted by atomic mass is 10.0. The Morgan fingerprint density at radius 3 is 0.955 bits per heavy atom. The highest BCUT2D eigenvalue weighted by molar-refractivity contribution is 4.50. The van der Waals surface area contributed by atoms with E-state index < -0.39 is 0 Å². The van der Waals surface area contributed by atoms with Crippen LogP contribution in [0.2, 0.25) is 0 Å². The van der Waals surface area contributed by atoms with Crippen LogP contribution in [0, 0.1) is 0 Å². The Kier molecular flexibility index (Phi) is 20.9. The Morgan fingerprint density at radius 2 is 0.682 bits per heavy atom. The van der Waals surface area contributed by atoms with E-state index in [0.717, 1.165) is 6.61 Å². The summed E-state index contributed by atoms with van der Waals surface area (Å²) in [5.74, 6) is 0. The van der Waals surface area contributed by atoms with Crippen LogP contribution in [0.4, 0.5) is 0 Å². The first-order chi connectivity index (χ1) is 10.9. The van der Waals surface area contributed by atoms with Crippen molar-refractivity contribution < 1.29 is 4.74 Å². The van der Waals surface area contributed by atoms with E-state index in [9.17, 15) is 0 Å². The first-order valence-corrected chi connectivity index (χ1v) is 10.4. The van der Waals surface area contributed by atoms with Gasteiger partial charge in [0.15, 0.2) is 0 Å². The smallest absolute Gasteiger partial charge is 0.0462 e. The minimum atomic E-state index is 0.943. The van der Waals surface area contributed by atoms with Gasteiger partial charge < -0.3 is 4.74 Å². The minimum Gasteiger partial charge on any atom is -0.385 e. The summed E-state index contributed by atoms with van der Waals surface area (Å²) in [5.41, 5.74) is 0. The number of methoxy groups -OCH3 is 1. The molecule has 0 heterocycles. The zero-order valence-corrected chi connectivity index (χ0v) is 15.8. The molecule has 0 aliphatic heterocycles. The fourth-order valence-corrected chi connectivity index (χ4v) is 3.15. The monoisotopic (exact) mass is 312 g/mol. The van der Waals surface area contributed by atoms with E-state index in [1.807, 2.05) is 0 Å². The SMILES string of the molecule is CCCCCCCCCCCCCCCCCCCCOC. The fraction of sp³-hybridized carbons (Fsp3) is 1.00. The zero-order valence-electron chi connectivity index (χ0n) is 15.8. The van der Waals surface area contributed by atoms with E-state index >= 15 is 0 Å². The fourth-order valence-electron chi connectivity index (χ4n) is 3.15. The van der Waals surface area contributed by atoms with E-state index in [-0.39, 0.29) is 0 Å². The Bertz CT molecular complexity index is 159. The first kappa shape index (κ1) is 22.0. The molecule has 0 fully saturated rings. The Morgan fingerprint density at radius 1 is 0.409 bits per heavy atom. The van der Waals surface area contributed by atoms with Crippen LogP contribution in [0.3, 0.4) is 0 Å². The van der Waals surface area contributed by atoms with Gasteiger partial charge >= 0.3 is 0 Å². The highest BCUT2D eigenvalue weighted by atomic mass is 16.5. The predicted octanol–water partition coefficient (Wildman–Crippen LogP) is 7.67. The maximum Gasteiger partial charge on any atom is 0.0462 e. The third-order valence-corrected chi connectivity index (χ3v) is 4.70. The normalized spacial score (nSPS) is 11.2. The highest BCUT2D eigenvalue weighted by Gasteiger charge is 1.94. The average Bonchev–Trinajstić information content (AvgIpc) is 2.54. The van der Waals surface area contributed by atoms with Crippen LogP contribution in [0.15, 0.2) is 0 Å². The molecule has 0 unspecified atom stereocenters. The van der Waals surface area contributed by atoms with Gasteiger partial charge in [-0.25, -0.2) is 0 Å². The molecule has 0 aliphatic rings. The number of unbranched alkanes of at least 4 members (excludes halogenated alkanes) is 17. The lowest BCUT2D eigenvalue weighted by Crippen LogP contribution is -1.88. The summed E-state index contributed by atoms with van der Waals surface area (Å²) in [5, 5.41) is 0. The van der Waals surface area contributed by atoms with Gasteiger partial charge in [0.05, 0.1) is 0 Å². The molecule has 0 radical (unpaired) electrons. The molecule has 0 aromatic heterocycles. The summed E-state index contributed by atoms with van der Waals surface area (Å²) in [4.78, 5) is 0. The molecule has 134 valence electrons. The molecular weight excluding hydrogens is 268 g/mol. The van der Waals surface area contributed by atoms with Crippen LogP contribution >= 0.6 is 0 Å². The maximum atomic E-state index is 5.07. The molecule has 0 amide bonds. The molecule has 0 rings (SSSR count). The first-order valence-electron chi connectivity index (χ1n) is 10.4. The second kappa shape index (κ2) is 21.0. The van der Waals surface area contributed by atoms with Crippen molar-refractivity contribution in [2.75, 3.05) is 13.7 Å². The minimum absolute atomic E-state index is 0.943. The molecule has 22 heavy (non-hydrogen) atoms. The topological polar surface area (TPSA) is 9.23 Å². The van der Waals surface area contributed by atoms with Gasteiger partial charge in [0.2, 0.25) is 0 Å². The van der Waals surface area contributed by atoms with E-state index in [1.54, 1.807) is 7.11 Å². The van der Waals surface area contributed by atoms with E-state index in [1.165, 1.54) is 116 Å². The lowest BCUT2D eigenvalue weighted by molar-refractivity contribution is 0.192. The van der Waals surface area contributed by atoms with E-state index in [2.05, 4.69) is 6.92 Å². The molecular formula is C21H44O. The molecule has 0 saturated carbocycles. The molecule has 0 bridgehead atoms. The molecule has 1 heteroatoms. The van der Waals surface area contributed by atoms with Gasteiger partial charge in [0, 0.05) is 13.7 Å². The van der Waals surface area contributed by atoms with Crippen LogP contribution in [0.5, 0.6) is 0 Å². The molecule has 0 spiro atoms. The number of hydrogen-bond acceptors (Lipinski definition) is 1. The van der Waals surface area contributed by atoms with Crippen molar-refractivity contribution in [3.05, 3.63) is 0 Å². The second-order valence-corrected chi connectivity index (χ2v) is 7.00. The molecule has 0 N–H and O–H groups in total. The summed E-state index contributed by atoms with van der Waals surface area (Å²) in [6.45, 7) is 3.24. The molecule has 0 aliphatic carbocycles. The van der Waals surface area contributed by atoms with Gasteiger partial charge in [-0.2, -0.15) is 0 Å². The summed E-state index contributed by atoms with van der Waals surface area (Å²) in [7, 11) is 1.80. The van der Waals surface area contributed by atoms with Crippen LogP contribution in [0.1, 0.15) is 122 Å². The number of hydrogen-bond donors (Lipinski definition) is 0. The van der Waals surface area contributed by atoms with E-state index in [4.69, 9.17) is 4.74 Å². The highest BCUT2D eigenvalue weighted by Crippen LogP contribution is 2.14. The quantitative estimate of drug-likeness (QED) is 0.222. The standard InChI is InChI=1S/C21H44O/c1-3-4-5-6-7-8-9-10-11-12-13-14-15-16-17-18-19-20-21-22-2/h3-21H2,1-2H3. The largest absolute Gasteiger partial charge is 0.385 e. The Hall–Kier alpha value is -0.0400. The van der Waals surface area contributed by atoms with Crippen molar-refractivity contribution in [2.45, 2.75) is 122 Å². The van der Waals surface area contributed by atoms with Crippen LogP contribution < -0.4 is 0 Å². The second-order valence-electron chi connectivity index (χ2n) is 7.00. The predicted molar refractivity (Wildman–Crippen MR) is 101 cm³/mol. The van der Waals surface area contributed by atoms with Crippen molar-refractivity contribution in [3.8, 4) is 0 Å². The van der Waals surface area contributed by atoms with Gasteiger partial charge in [-0.15, -0.1) is 0 Å². The summed E-state index contributed by atoms with van der Waals surface area (Å²) in [6.07, 6.45) is 25.9. The molecule has 0 aromatic carbocycles. The summed E-state index contributed by atoms with van der Waals surface area (Å²) in [6, 6.07) is 0. The van der Waals surface area contributed by atoms with Crippen molar-refractivity contribution in [1.82, 2.24) is 0 Å². The van der Waals surface area contributed by atoms with Crippen LogP contribution in [-0.4, -0.2) is 13.7 Å². The number of rotatable bonds is 19. The number of ether oxygens (including phenoxy) is 1. The van der Waals surface area contributed by atoms with Gasteiger partial charge in [-0.1, -0.05) is 116 Å². The maximum absolute atomic E-state index is 5.07. The van der Waals surface area contributed by atoms with Gasteiger partial charge in [-0.05, 0) is 6.42 Å². The summed E-state index contributed by atoms with van der Waals surface area (Å²) >= 11 is 0. The molecule has 1 nitrogen and oxygen atoms in total. The van der Waals surface area contributed by atoms with Gasteiger partial charge in [-0.3, -0.25) is 0 Å². The Balaban J connectivity index is 2.91. The molecule has 0 aromatic rings. The van der Waals surface area contributed by atoms with Crippen molar-refractivity contribution in [3.63, 3.8) is 0 Å². The van der Waals surface area contributed by atoms with Crippen LogP contribution in [0.25, 0.3) is 0 Å². The molecule has 0 saturated heterocycles. The summed E-state index contributed by atoms with van der Waals surface area (Å²) < 4.78 is 5.07. The third kappa shape index (κ3) is 20.0. The van der Waals surface area contributed by atoms with Crippen molar-refractivity contribution in [2.24, 2.45) is 0 Å². The lowest BCUT2D eigenvalue weighted by Gasteiger charge is -2.03.